The summed E-state index contributed by atoms with van der Waals surface area (Å²) >= 11 is 1.54. The van der Waals surface area contributed by atoms with Crippen molar-refractivity contribution >= 4 is 44.1 Å². The Morgan fingerprint density at radius 3 is 2.59 bits per heavy atom. The van der Waals surface area contributed by atoms with E-state index in [0.717, 1.165) is 52.4 Å². The molecule has 5 rings (SSSR count). The molecule has 4 aromatic rings. The molecule has 3 aromatic heterocycles. The minimum atomic E-state index is 0.258. The molecular weight excluding hydrogens is 444 g/mol. The fraction of sp³-hybridized carbons (Fsp3) is 0.346. The van der Waals surface area contributed by atoms with Crippen molar-refractivity contribution in [1.29, 1.82) is 0 Å². The molecule has 0 spiro atoms. The summed E-state index contributed by atoms with van der Waals surface area (Å²) in [7, 11) is 2.03. The van der Waals surface area contributed by atoms with Gasteiger partial charge in [0.15, 0.2) is 5.13 Å². The van der Waals surface area contributed by atoms with Crippen LogP contribution in [-0.2, 0) is 11.3 Å². The average Bonchev–Trinajstić information content (AvgIpc) is 3.20. The van der Waals surface area contributed by atoms with E-state index in [9.17, 15) is 0 Å². The molecule has 0 amide bonds. The number of aromatic nitrogens is 3. The second-order valence-electron chi connectivity index (χ2n) is 9.03. The smallest absolute Gasteiger partial charge is 0.190 e. The normalized spacial score (nSPS) is 18.8. The number of nitrogens with zero attached hydrogens (tertiary/aromatic N) is 5. The third-order valence-corrected chi connectivity index (χ3v) is 6.85. The van der Waals surface area contributed by atoms with E-state index in [4.69, 9.17) is 14.7 Å². The zero-order valence-corrected chi connectivity index (χ0v) is 20.8. The second-order valence-corrected chi connectivity index (χ2v) is 10.0. The van der Waals surface area contributed by atoms with Crippen LogP contribution in [0.15, 0.2) is 54.7 Å². The largest absolute Gasteiger partial charge is 0.373 e. The molecule has 34 heavy (non-hydrogen) atoms. The molecule has 0 aliphatic carbocycles. The lowest BCUT2D eigenvalue weighted by Gasteiger charge is -2.35. The molecule has 1 fully saturated rings. The zero-order valence-electron chi connectivity index (χ0n) is 20.0. The van der Waals surface area contributed by atoms with Gasteiger partial charge in [0.2, 0.25) is 0 Å². The third kappa shape index (κ3) is 5.19. The maximum Gasteiger partial charge on any atom is 0.190 e. The molecule has 4 heterocycles. The average molecular weight is 475 g/mol. The van der Waals surface area contributed by atoms with Crippen LogP contribution in [0.2, 0.25) is 0 Å². The zero-order chi connectivity index (χ0) is 23.7. The Morgan fingerprint density at radius 1 is 1.06 bits per heavy atom. The van der Waals surface area contributed by atoms with Crippen molar-refractivity contribution in [3.8, 4) is 0 Å². The molecule has 0 radical (unpaired) electrons. The summed E-state index contributed by atoms with van der Waals surface area (Å²) in [5.74, 6) is 1.68. The number of ether oxygens (including phenoxy) is 1. The van der Waals surface area contributed by atoms with E-state index < -0.39 is 0 Å². The highest BCUT2D eigenvalue weighted by Crippen LogP contribution is 2.30. The van der Waals surface area contributed by atoms with Crippen molar-refractivity contribution < 1.29 is 4.74 Å². The van der Waals surface area contributed by atoms with Gasteiger partial charge in [0.1, 0.15) is 22.0 Å². The highest BCUT2D eigenvalue weighted by atomic mass is 32.1. The Kier molecular flexibility index (Phi) is 6.45. The van der Waals surface area contributed by atoms with Crippen LogP contribution >= 0.6 is 11.3 Å². The molecule has 176 valence electrons. The Balaban J connectivity index is 1.30. The fourth-order valence-electron chi connectivity index (χ4n) is 4.37. The highest BCUT2D eigenvalue weighted by molar-refractivity contribution is 7.21. The number of morpholine rings is 1. The quantitative estimate of drug-likeness (QED) is 0.395. The molecule has 0 bridgehead atoms. The van der Waals surface area contributed by atoms with Crippen LogP contribution < -0.4 is 10.2 Å². The molecule has 1 saturated heterocycles. The topological polar surface area (TPSA) is 66.4 Å². The van der Waals surface area contributed by atoms with Crippen LogP contribution in [0, 0.1) is 6.92 Å². The molecule has 8 heteroatoms. The van der Waals surface area contributed by atoms with Gasteiger partial charge in [-0.2, -0.15) is 0 Å². The number of thiazole rings is 1. The Hall–Kier alpha value is -3.07. The van der Waals surface area contributed by atoms with Crippen LogP contribution in [0.3, 0.4) is 0 Å². The number of hydrogen-bond donors (Lipinski definition) is 1. The van der Waals surface area contributed by atoms with Gasteiger partial charge < -0.3 is 15.0 Å². The van der Waals surface area contributed by atoms with Crippen LogP contribution in [0.1, 0.15) is 25.0 Å². The van der Waals surface area contributed by atoms with Gasteiger partial charge in [-0.3, -0.25) is 4.90 Å². The van der Waals surface area contributed by atoms with E-state index in [-0.39, 0.29) is 12.2 Å². The van der Waals surface area contributed by atoms with E-state index in [1.807, 2.05) is 25.4 Å². The Bertz CT molecular complexity index is 1260. The number of aryl methyl sites for hydroxylation is 1. The first-order valence-electron chi connectivity index (χ1n) is 11.6. The highest BCUT2D eigenvalue weighted by Gasteiger charge is 2.22. The van der Waals surface area contributed by atoms with Crippen molar-refractivity contribution in [3.63, 3.8) is 0 Å². The fourth-order valence-corrected chi connectivity index (χ4v) is 5.21. The van der Waals surface area contributed by atoms with Crippen molar-refractivity contribution in [2.24, 2.45) is 0 Å². The number of rotatable bonds is 6. The van der Waals surface area contributed by atoms with E-state index in [0.29, 0.717) is 0 Å². The molecule has 0 saturated carbocycles. The number of fused-ring (bicyclic) bond motifs is 1. The summed E-state index contributed by atoms with van der Waals surface area (Å²) < 4.78 is 5.86. The predicted molar refractivity (Wildman–Crippen MR) is 139 cm³/mol. The van der Waals surface area contributed by atoms with Gasteiger partial charge in [0, 0.05) is 38.6 Å². The predicted octanol–water partition coefficient (Wildman–Crippen LogP) is 5.52. The number of benzene rings is 1. The molecular formula is C26H30N6OS. The second kappa shape index (κ2) is 9.66. The summed E-state index contributed by atoms with van der Waals surface area (Å²) in [4.78, 5) is 19.5. The molecule has 0 unspecified atom stereocenters. The van der Waals surface area contributed by atoms with Crippen LogP contribution in [0.4, 0.5) is 22.5 Å². The maximum atomic E-state index is 5.86. The van der Waals surface area contributed by atoms with Gasteiger partial charge in [0.05, 0.1) is 12.2 Å². The number of pyridine rings is 2. The number of nitrogens with one attached hydrogen (secondary N) is 1. The molecule has 7 nitrogen and oxygen atoms in total. The van der Waals surface area contributed by atoms with Crippen LogP contribution in [0.5, 0.6) is 0 Å². The summed E-state index contributed by atoms with van der Waals surface area (Å²) in [6.45, 7) is 9.12. The lowest BCUT2D eigenvalue weighted by molar-refractivity contribution is -0.0704. The van der Waals surface area contributed by atoms with Crippen molar-refractivity contribution in [2.45, 2.75) is 39.5 Å². The molecule has 1 aliphatic heterocycles. The summed E-state index contributed by atoms with van der Waals surface area (Å²) in [5, 5.41) is 4.16. The third-order valence-electron chi connectivity index (χ3n) is 5.97. The molecule has 1 N–H and O–H groups in total. The van der Waals surface area contributed by atoms with E-state index >= 15 is 0 Å². The first-order chi connectivity index (χ1) is 16.4. The SMILES string of the molecule is Cc1ccc(N(C)c2ccc3nc(Nc4cc(CN5C[C@@H](C)O[C@@H](C)C5)ccn4)sc3n2)cc1. The maximum absolute atomic E-state index is 5.86. The van der Waals surface area contributed by atoms with Gasteiger partial charge in [-0.25, -0.2) is 15.0 Å². The van der Waals surface area contributed by atoms with Crippen LogP contribution in [0.25, 0.3) is 10.3 Å². The van der Waals surface area contributed by atoms with Gasteiger partial charge in [-0.15, -0.1) is 0 Å². The van der Waals surface area contributed by atoms with Gasteiger partial charge >= 0.3 is 0 Å². The monoisotopic (exact) mass is 474 g/mol. The number of anilines is 4. The van der Waals surface area contributed by atoms with Gasteiger partial charge in [-0.1, -0.05) is 29.0 Å². The Labute approximate surface area is 204 Å². The summed E-state index contributed by atoms with van der Waals surface area (Å²) in [6.07, 6.45) is 2.37. The van der Waals surface area contributed by atoms with Gasteiger partial charge in [-0.05, 0) is 62.7 Å². The van der Waals surface area contributed by atoms with E-state index in [1.54, 1.807) is 0 Å². The van der Waals surface area contributed by atoms with Crippen molar-refractivity contribution in [1.82, 2.24) is 19.9 Å². The standard InChI is InChI=1S/C26H30N6OS/c1-17-5-7-21(8-6-17)31(4)24-10-9-22-25(30-24)34-26(28-22)29-23-13-20(11-12-27-23)16-32-14-18(2)33-19(3)15-32/h5-13,18-19H,14-16H2,1-4H3,(H,27,28,29)/t18-,19+. The first-order valence-corrected chi connectivity index (χ1v) is 12.4. The van der Waals surface area contributed by atoms with Crippen LogP contribution in [-0.4, -0.2) is 52.2 Å². The minimum Gasteiger partial charge on any atom is -0.373 e. The minimum absolute atomic E-state index is 0.258. The van der Waals surface area contributed by atoms with E-state index in [2.05, 4.69) is 77.3 Å². The first kappa shape index (κ1) is 22.7. The lowest BCUT2D eigenvalue weighted by atomic mass is 10.2. The summed E-state index contributed by atoms with van der Waals surface area (Å²) in [5.41, 5.74) is 4.44. The van der Waals surface area contributed by atoms with Gasteiger partial charge in [0.25, 0.3) is 0 Å². The molecule has 1 aromatic carbocycles. The van der Waals surface area contributed by atoms with Crippen molar-refractivity contribution in [3.05, 3.63) is 65.9 Å². The molecule has 1 aliphatic rings. The summed E-state index contributed by atoms with van der Waals surface area (Å²) in [6, 6.07) is 16.6. The number of hydrogen-bond acceptors (Lipinski definition) is 8. The Morgan fingerprint density at radius 2 is 1.82 bits per heavy atom. The molecule has 2 atom stereocenters. The van der Waals surface area contributed by atoms with E-state index in [1.165, 1.54) is 22.5 Å². The van der Waals surface area contributed by atoms with Crippen molar-refractivity contribution in [2.75, 3.05) is 30.4 Å². The lowest BCUT2D eigenvalue weighted by Crippen LogP contribution is -2.44.